The molecule has 1 aromatic heterocycles. The van der Waals surface area contributed by atoms with Crippen LogP contribution in [-0.4, -0.2) is 54.7 Å². The molecule has 0 radical (unpaired) electrons. The summed E-state index contributed by atoms with van der Waals surface area (Å²) in [5.41, 5.74) is -0.732. The number of rotatable bonds is 2. The minimum Gasteiger partial charge on any atom is -0.368 e. The summed E-state index contributed by atoms with van der Waals surface area (Å²) in [5, 5.41) is 0. The van der Waals surface area contributed by atoms with Gasteiger partial charge < -0.3 is 14.5 Å². The predicted octanol–water partition coefficient (Wildman–Crippen LogP) is 2.32. The van der Waals surface area contributed by atoms with Crippen molar-refractivity contribution in [3.8, 4) is 0 Å². The lowest BCUT2D eigenvalue weighted by Crippen LogP contribution is -2.41. The number of carbonyl (C=O) groups excluding carboxylic acids is 1. The van der Waals surface area contributed by atoms with Gasteiger partial charge in [-0.25, -0.2) is 4.98 Å². The molecule has 5 nitrogen and oxygen atoms in total. The third kappa shape index (κ3) is 3.63. The van der Waals surface area contributed by atoms with E-state index in [-0.39, 0.29) is 11.7 Å². The third-order valence-corrected chi connectivity index (χ3v) is 4.40. The smallest absolute Gasteiger partial charge is 0.368 e. The van der Waals surface area contributed by atoms with E-state index >= 15 is 0 Å². The highest BCUT2D eigenvalue weighted by molar-refractivity contribution is 5.81. The molecule has 0 aromatic carbocycles. The van der Waals surface area contributed by atoms with Crippen LogP contribution in [0.3, 0.4) is 0 Å². The van der Waals surface area contributed by atoms with Crippen molar-refractivity contribution >= 4 is 11.7 Å². The van der Waals surface area contributed by atoms with E-state index in [1.165, 1.54) is 12.3 Å². The van der Waals surface area contributed by atoms with E-state index in [1.807, 2.05) is 0 Å². The number of hydrogen-bond donors (Lipinski definition) is 0. The first kappa shape index (κ1) is 17.0. The Morgan fingerprint density at radius 2 is 2.04 bits per heavy atom. The Morgan fingerprint density at radius 3 is 2.75 bits per heavy atom. The van der Waals surface area contributed by atoms with Gasteiger partial charge in [-0.2, -0.15) is 13.2 Å². The topological polar surface area (TPSA) is 45.7 Å². The van der Waals surface area contributed by atoms with E-state index in [2.05, 4.69) is 4.98 Å². The highest BCUT2D eigenvalue weighted by Gasteiger charge is 2.36. The van der Waals surface area contributed by atoms with Gasteiger partial charge in [0.05, 0.1) is 5.56 Å². The fourth-order valence-corrected chi connectivity index (χ4v) is 3.20. The molecule has 0 spiro atoms. The molecule has 3 rings (SSSR count). The summed E-state index contributed by atoms with van der Waals surface area (Å²) in [6, 6.07) is 2.33. The van der Waals surface area contributed by atoms with E-state index in [9.17, 15) is 18.0 Å². The standard InChI is InChI=1S/C16H20F3N3O2/c17-16(18,19)12-4-1-6-20-14(12)21-7-3-8-22(10-9-21)15(23)13-5-2-11-24-13/h1,4,6,13H,2-3,5,7-11H2. The molecule has 8 heteroatoms. The molecule has 24 heavy (non-hydrogen) atoms. The summed E-state index contributed by atoms with van der Waals surface area (Å²) in [5.74, 6) is -0.108. The van der Waals surface area contributed by atoms with Gasteiger partial charge in [0.1, 0.15) is 11.9 Å². The SMILES string of the molecule is O=C(C1CCCO1)N1CCCN(c2ncccc2C(F)(F)F)CC1. The van der Waals surface area contributed by atoms with Crippen molar-refractivity contribution in [1.29, 1.82) is 0 Å². The molecule has 1 atom stereocenters. The quantitative estimate of drug-likeness (QED) is 0.827. The maximum Gasteiger partial charge on any atom is 0.419 e. The zero-order chi connectivity index (χ0) is 17.2. The van der Waals surface area contributed by atoms with Crippen LogP contribution in [0.15, 0.2) is 18.3 Å². The van der Waals surface area contributed by atoms with Crippen molar-refractivity contribution in [2.45, 2.75) is 31.5 Å². The number of carbonyl (C=O) groups is 1. The van der Waals surface area contributed by atoms with E-state index in [4.69, 9.17) is 4.74 Å². The summed E-state index contributed by atoms with van der Waals surface area (Å²) in [7, 11) is 0. The molecule has 2 saturated heterocycles. The lowest BCUT2D eigenvalue weighted by Gasteiger charge is -2.26. The Hall–Kier alpha value is -1.83. The summed E-state index contributed by atoms with van der Waals surface area (Å²) >= 11 is 0. The number of anilines is 1. The summed E-state index contributed by atoms with van der Waals surface area (Å²) in [4.78, 5) is 19.7. The molecule has 1 unspecified atom stereocenters. The molecule has 2 aliphatic rings. The number of hydrogen-bond acceptors (Lipinski definition) is 4. The molecule has 3 heterocycles. The van der Waals surface area contributed by atoms with E-state index in [0.29, 0.717) is 39.2 Å². The Labute approximate surface area is 138 Å². The summed E-state index contributed by atoms with van der Waals surface area (Å²) in [6.45, 7) is 2.28. The van der Waals surface area contributed by atoms with Crippen LogP contribution in [0, 0.1) is 0 Å². The van der Waals surface area contributed by atoms with Crippen LogP contribution >= 0.6 is 0 Å². The Kier molecular flexibility index (Phi) is 4.93. The summed E-state index contributed by atoms with van der Waals surface area (Å²) in [6.07, 6.45) is -1.27. The Balaban J connectivity index is 1.71. The molecule has 1 amide bonds. The lowest BCUT2D eigenvalue weighted by molar-refractivity contribution is -0.140. The van der Waals surface area contributed by atoms with Crippen LogP contribution in [0.2, 0.25) is 0 Å². The van der Waals surface area contributed by atoms with E-state index in [0.717, 1.165) is 18.9 Å². The first-order valence-electron chi connectivity index (χ1n) is 8.14. The molecule has 0 bridgehead atoms. The number of aromatic nitrogens is 1. The average Bonchev–Trinajstić information content (AvgIpc) is 2.98. The van der Waals surface area contributed by atoms with Crippen LogP contribution in [0.4, 0.5) is 19.0 Å². The van der Waals surface area contributed by atoms with E-state index < -0.39 is 17.8 Å². The molecular formula is C16H20F3N3O2. The predicted molar refractivity (Wildman–Crippen MR) is 81.6 cm³/mol. The fraction of sp³-hybridized carbons (Fsp3) is 0.625. The summed E-state index contributed by atoms with van der Waals surface area (Å²) < 4.78 is 44.9. The molecular weight excluding hydrogens is 323 g/mol. The van der Waals surface area contributed by atoms with Crippen LogP contribution in [0.25, 0.3) is 0 Å². The van der Waals surface area contributed by atoms with Gasteiger partial charge >= 0.3 is 6.18 Å². The van der Waals surface area contributed by atoms with Crippen molar-refractivity contribution in [1.82, 2.24) is 9.88 Å². The highest BCUT2D eigenvalue weighted by atomic mass is 19.4. The number of pyridine rings is 1. The van der Waals surface area contributed by atoms with Gasteiger partial charge in [0.15, 0.2) is 0 Å². The Bertz CT molecular complexity index is 588. The first-order chi connectivity index (χ1) is 11.5. The lowest BCUT2D eigenvalue weighted by atomic mass is 10.2. The molecule has 0 aliphatic carbocycles. The number of amides is 1. The van der Waals surface area contributed by atoms with Crippen LogP contribution in [0.5, 0.6) is 0 Å². The molecule has 0 saturated carbocycles. The van der Waals surface area contributed by atoms with Gasteiger partial charge in [0, 0.05) is 39.0 Å². The van der Waals surface area contributed by atoms with Crippen molar-refractivity contribution in [3.05, 3.63) is 23.9 Å². The third-order valence-electron chi connectivity index (χ3n) is 4.40. The second-order valence-corrected chi connectivity index (χ2v) is 6.04. The van der Waals surface area contributed by atoms with Crippen LogP contribution < -0.4 is 4.90 Å². The van der Waals surface area contributed by atoms with Crippen LogP contribution in [0.1, 0.15) is 24.8 Å². The average molecular weight is 343 g/mol. The van der Waals surface area contributed by atoms with Crippen molar-refractivity contribution in [2.24, 2.45) is 0 Å². The maximum atomic E-state index is 13.2. The minimum atomic E-state index is -4.44. The van der Waals surface area contributed by atoms with Gasteiger partial charge in [0.2, 0.25) is 0 Å². The van der Waals surface area contributed by atoms with Gasteiger partial charge in [-0.15, -0.1) is 0 Å². The number of ether oxygens (including phenoxy) is 1. The zero-order valence-electron chi connectivity index (χ0n) is 13.3. The van der Waals surface area contributed by atoms with Gasteiger partial charge in [-0.05, 0) is 31.4 Å². The minimum absolute atomic E-state index is 0.0496. The number of alkyl halides is 3. The van der Waals surface area contributed by atoms with Gasteiger partial charge in [0.25, 0.3) is 5.91 Å². The number of halogens is 3. The number of nitrogens with zero attached hydrogens (tertiary/aromatic N) is 3. The normalized spacial score (nSPS) is 22.5. The van der Waals surface area contributed by atoms with Crippen LogP contribution in [-0.2, 0) is 15.7 Å². The molecule has 132 valence electrons. The van der Waals surface area contributed by atoms with E-state index in [1.54, 1.807) is 9.80 Å². The molecule has 1 aromatic rings. The van der Waals surface area contributed by atoms with Crippen molar-refractivity contribution in [3.63, 3.8) is 0 Å². The zero-order valence-corrected chi connectivity index (χ0v) is 13.3. The van der Waals surface area contributed by atoms with Crippen molar-refractivity contribution < 1.29 is 22.7 Å². The first-order valence-corrected chi connectivity index (χ1v) is 8.14. The molecule has 2 aliphatic heterocycles. The van der Waals surface area contributed by atoms with Crippen molar-refractivity contribution in [2.75, 3.05) is 37.7 Å². The second kappa shape index (κ2) is 6.96. The fourth-order valence-electron chi connectivity index (χ4n) is 3.20. The largest absolute Gasteiger partial charge is 0.419 e. The molecule has 2 fully saturated rings. The highest BCUT2D eigenvalue weighted by Crippen LogP contribution is 2.35. The maximum absolute atomic E-state index is 13.2. The Morgan fingerprint density at radius 1 is 1.21 bits per heavy atom. The monoisotopic (exact) mass is 343 g/mol. The molecule has 0 N–H and O–H groups in total. The van der Waals surface area contributed by atoms with Gasteiger partial charge in [-0.3, -0.25) is 4.79 Å². The second-order valence-electron chi connectivity index (χ2n) is 6.04. The van der Waals surface area contributed by atoms with Gasteiger partial charge in [-0.1, -0.05) is 0 Å².